The molecule has 2 fully saturated rings. The van der Waals surface area contributed by atoms with Crippen LogP contribution in [0.5, 0.6) is 0 Å². The number of nitrogens with one attached hydrogen (secondary N) is 1. The Morgan fingerprint density at radius 2 is 1.52 bits per heavy atom. The van der Waals surface area contributed by atoms with Gasteiger partial charge in [-0.3, -0.25) is 4.99 Å². The Hall–Kier alpha value is -2.88. The van der Waals surface area contributed by atoms with Crippen molar-refractivity contribution in [1.29, 1.82) is 0 Å². The van der Waals surface area contributed by atoms with E-state index >= 15 is 0 Å². The van der Waals surface area contributed by atoms with Gasteiger partial charge in [0.05, 0.1) is 29.3 Å². The number of ether oxygens (including phenoxy) is 1. The minimum Gasteiger partial charge on any atom is -0.462 e. The highest BCUT2D eigenvalue weighted by atomic mass is 16.5. The average Bonchev–Trinajstić information content (AvgIpc) is 3.50. The SMILES string of the molecule is CCOC(=O)C1=C(C)/C(=C(\c2ccc(C(C)(C)C)cc2)c2[nH]c(C3CCCCC3)cc2C)N=C1C1CCCCC1. The summed E-state index contributed by atoms with van der Waals surface area (Å²) in [6, 6.07) is 11.4. The maximum atomic E-state index is 13.4. The molecule has 2 aliphatic carbocycles. The van der Waals surface area contributed by atoms with Crippen LogP contribution < -0.4 is 0 Å². The number of hydrogen-bond acceptors (Lipinski definition) is 3. The van der Waals surface area contributed by atoms with Gasteiger partial charge in [-0.15, -0.1) is 0 Å². The zero-order valence-electron chi connectivity index (χ0n) is 25.6. The van der Waals surface area contributed by atoms with E-state index in [2.05, 4.69) is 69.9 Å². The molecule has 2 heterocycles. The van der Waals surface area contributed by atoms with Gasteiger partial charge in [0.1, 0.15) is 0 Å². The zero-order valence-corrected chi connectivity index (χ0v) is 25.6. The molecule has 2 aromatic rings. The number of aromatic nitrogens is 1. The van der Waals surface area contributed by atoms with E-state index in [0.717, 1.165) is 46.7 Å². The third kappa shape index (κ3) is 5.78. The first-order valence-electron chi connectivity index (χ1n) is 15.7. The molecule has 3 aliphatic rings. The lowest BCUT2D eigenvalue weighted by atomic mass is 9.82. The fourth-order valence-electron chi connectivity index (χ4n) is 6.96. The number of aryl methyl sites for hydroxylation is 1. The Kier molecular flexibility index (Phi) is 8.54. The van der Waals surface area contributed by atoms with Crippen molar-refractivity contribution in [2.75, 3.05) is 6.61 Å². The normalized spacial score (nSPS) is 20.6. The van der Waals surface area contributed by atoms with Crippen LogP contribution in [-0.2, 0) is 14.9 Å². The van der Waals surface area contributed by atoms with E-state index in [-0.39, 0.29) is 11.4 Å². The number of carbonyl (C=O) groups is 1. The number of allylic oxidation sites excluding steroid dienone is 1. The molecule has 0 amide bonds. The average molecular weight is 541 g/mol. The molecule has 0 bridgehead atoms. The maximum absolute atomic E-state index is 13.4. The van der Waals surface area contributed by atoms with Gasteiger partial charge >= 0.3 is 5.97 Å². The zero-order chi connectivity index (χ0) is 28.4. The van der Waals surface area contributed by atoms with Gasteiger partial charge in [0.15, 0.2) is 0 Å². The van der Waals surface area contributed by atoms with Gasteiger partial charge in [0, 0.05) is 17.2 Å². The van der Waals surface area contributed by atoms with Crippen LogP contribution in [0.25, 0.3) is 5.57 Å². The van der Waals surface area contributed by atoms with Crippen LogP contribution in [0.3, 0.4) is 0 Å². The topological polar surface area (TPSA) is 54.5 Å². The van der Waals surface area contributed by atoms with Crippen LogP contribution in [0.4, 0.5) is 0 Å². The molecule has 1 aromatic heterocycles. The minimum atomic E-state index is -0.229. The largest absolute Gasteiger partial charge is 0.462 e. The summed E-state index contributed by atoms with van der Waals surface area (Å²) in [5.41, 5.74) is 10.9. The number of carbonyl (C=O) groups excluding carboxylic acids is 1. The first kappa shape index (κ1) is 28.6. The smallest absolute Gasteiger partial charge is 0.340 e. The standard InChI is InChI=1S/C36H48N2O2/c1-7-40-35(39)30-24(3)33(38-34(30)27-16-12-9-13-17-27)31(26-18-20-28(21-19-26)36(4,5)6)32-23(2)22-29(37-32)25-14-10-8-11-15-25/h18-22,25,27,37H,7-17H2,1-6H3/b33-31-. The maximum Gasteiger partial charge on any atom is 0.340 e. The van der Waals surface area contributed by atoms with Crippen molar-refractivity contribution in [3.8, 4) is 0 Å². The van der Waals surface area contributed by atoms with E-state index in [1.54, 1.807) is 0 Å². The second-order valence-electron chi connectivity index (χ2n) is 13.2. The molecule has 40 heavy (non-hydrogen) atoms. The molecule has 1 N–H and O–H groups in total. The molecule has 1 aliphatic heterocycles. The second-order valence-corrected chi connectivity index (χ2v) is 13.2. The fourth-order valence-corrected chi connectivity index (χ4v) is 6.96. The molecule has 0 atom stereocenters. The van der Waals surface area contributed by atoms with Crippen molar-refractivity contribution >= 4 is 17.3 Å². The summed E-state index contributed by atoms with van der Waals surface area (Å²) >= 11 is 0. The lowest BCUT2D eigenvalue weighted by Gasteiger charge is -2.22. The van der Waals surface area contributed by atoms with Gasteiger partial charge in [-0.25, -0.2) is 4.79 Å². The molecule has 214 valence electrons. The van der Waals surface area contributed by atoms with E-state index in [9.17, 15) is 4.79 Å². The summed E-state index contributed by atoms with van der Waals surface area (Å²) in [5.74, 6) is 0.674. The van der Waals surface area contributed by atoms with Crippen molar-refractivity contribution < 1.29 is 9.53 Å². The van der Waals surface area contributed by atoms with E-state index < -0.39 is 0 Å². The molecule has 4 heteroatoms. The summed E-state index contributed by atoms with van der Waals surface area (Å²) in [6.07, 6.45) is 12.3. The van der Waals surface area contributed by atoms with Crippen LogP contribution in [0, 0.1) is 12.8 Å². The minimum absolute atomic E-state index is 0.0783. The highest BCUT2D eigenvalue weighted by Gasteiger charge is 2.35. The summed E-state index contributed by atoms with van der Waals surface area (Å²) in [4.78, 5) is 22.6. The number of nitrogens with zero attached hydrogens (tertiary/aromatic N) is 1. The van der Waals surface area contributed by atoms with Crippen LogP contribution >= 0.6 is 0 Å². The van der Waals surface area contributed by atoms with Crippen LogP contribution in [0.2, 0.25) is 0 Å². The second kappa shape index (κ2) is 11.9. The van der Waals surface area contributed by atoms with Gasteiger partial charge in [0.2, 0.25) is 0 Å². The van der Waals surface area contributed by atoms with Gasteiger partial charge in [-0.05, 0) is 86.1 Å². The number of rotatable bonds is 6. The third-order valence-corrected chi connectivity index (χ3v) is 9.30. The highest BCUT2D eigenvalue weighted by Crippen LogP contribution is 2.42. The van der Waals surface area contributed by atoms with E-state index in [1.807, 2.05) is 6.92 Å². The highest BCUT2D eigenvalue weighted by molar-refractivity contribution is 6.24. The number of hydrogen-bond donors (Lipinski definition) is 1. The lowest BCUT2D eigenvalue weighted by molar-refractivity contribution is -0.137. The third-order valence-electron chi connectivity index (χ3n) is 9.30. The molecular formula is C36H48N2O2. The Bertz CT molecular complexity index is 1320. The van der Waals surface area contributed by atoms with Crippen LogP contribution in [0.15, 0.2) is 52.2 Å². The Labute approximate surface area is 241 Å². The van der Waals surface area contributed by atoms with Crippen molar-refractivity contribution in [2.45, 2.75) is 117 Å². The summed E-state index contributed by atoms with van der Waals surface area (Å²) in [7, 11) is 0. The van der Waals surface area contributed by atoms with Crippen molar-refractivity contribution in [2.24, 2.45) is 10.9 Å². The molecule has 1 aromatic carbocycles. The Morgan fingerprint density at radius 1 is 0.925 bits per heavy atom. The number of aromatic amines is 1. The molecule has 0 radical (unpaired) electrons. The quantitative estimate of drug-likeness (QED) is 0.371. The van der Waals surface area contributed by atoms with Gasteiger partial charge < -0.3 is 9.72 Å². The van der Waals surface area contributed by atoms with Crippen molar-refractivity contribution in [1.82, 2.24) is 4.98 Å². The van der Waals surface area contributed by atoms with Crippen LogP contribution in [0.1, 0.15) is 133 Å². The van der Waals surface area contributed by atoms with Crippen molar-refractivity contribution in [3.63, 3.8) is 0 Å². The number of esters is 1. The molecule has 0 spiro atoms. The Balaban J connectivity index is 1.71. The number of aliphatic imine (C=N–C) groups is 1. The van der Waals surface area contributed by atoms with Gasteiger partial charge in [-0.2, -0.15) is 0 Å². The molecule has 0 unspecified atom stereocenters. The first-order chi connectivity index (χ1) is 19.2. The predicted molar refractivity (Wildman–Crippen MR) is 166 cm³/mol. The molecule has 4 nitrogen and oxygen atoms in total. The number of benzene rings is 1. The Morgan fingerprint density at radius 3 is 2.10 bits per heavy atom. The molecule has 5 rings (SSSR count). The molecule has 0 saturated heterocycles. The summed E-state index contributed by atoms with van der Waals surface area (Å²) in [5, 5.41) is 0. The van der Waals surface area contributed by atoms with E-state index in [4.69, 9.17) is 9.73 Å². The monoisotopic (exact) mass is 540 g/mol. The first-order valence-corrected chi connectivity index (χ1v) is 15.7. The summed E-state index contributed by atoms with van der Waals surface area (Å²) < 4.78 is 5.61. The predicted octanol–water partition coefficient (Wildman–Crippen LogP) is 9.34. The molecule has 2 saturated carbocycles. The van der Waals surface area contributed by atoms with E-state index in [1.165, 1.54) is 68.2 Å². The van der Waals surface area contributed by atoms with Crippen molar-refractivity contribution in [3.05, 3.63) is 75.3 Å². The fraction of sp³-hybridized carbons (Fsp3) is 0.556. The molecular weight excluding hydrogens is 492 g/mol. The number of H-pyrrole nitrogens is 1. The summed E-state index contributed by atoms with van der Waals surface area (Å²) in [6.45, 7) is 13.3. The van der Waals surface area contributed by atoms with Crippen LogP contribution in [-0.4, -0.2) is 23.3 Å². The lowest BCUT2D eigenvalue weighted by Crippen LogP contribution is -2.24. The van der Waals surface area contributed by atoms with Gasteiger partial charge in [-0.1, -0.05) is 83.6 Å². The van der Waals surface area contributed by atoms with E-state index in [0.29, 0.717) is 24.0 Å². The van der Waals surface area contributed by atoms with Gasteiger partial charge in [0.25, 0.3) is 0 Å².